The molecule has 0 amide bonds. The molecule has 8 heteroatoms. The van der Waals surface area contributed by atoms with Crippen molar-refractivity contribution >= 4 is 17.5 Å². The lowest BCUT2D eigenvalue weighted by molar-refractivity contribution is 0.0697. The fourth-order valence-corrected chi connectivity index (χ4v) is 1.61. The highest BCUT2D eigenvalue weighted by Crippen LogP contribution is 2.12. The molecule has 0 fully saturated rings. The van der Waals surface area contributed by atoms with Crippen LogP contribution in [0.4, 0.5) is 11.5 Å². The molecule has 8 nitrogen and oxygen atoms in total. The van der Waals surface area contributed by atoms with Gasteiger partial charge in [0.25, 0.3) is 5.56 Å². The van der Waals surface area contributed by atoms with Crippen molar-refractivity contribution in [3.05, 3.63) is 50.7 Å². The number of anilines is 2. The molecule has 0 saturated heterocycles. The monoisotopic (exact) mass is 276 g/mol. The molecule has 1 aromatic carbocycles. The van der Waals surface area contributed by atoms with E-state index in [1.54, 1.807) is 0 Å². The van der Waals surface area contributed by atoms with Gasteiger partial charge in [0, 0.05) is 19.8 Å². The zero-order valence-electron chi connectivity index (χ0n) is 10.8. The third-order valence-electron chi connectivity index (χ3n) is 2.72. The van der Waals surface area contributed by atoms with E-state index in [0.29, 0.717) is 5.69 Å². The lowest BCUT2D eigenvalue weighted by atomic mass is 10.2. The zero-order chi connectivity index (χ0) is 14.9. The Morgan fingerprint density at radius 3 is 2.35 bits per heavy atom. The number of carboxylic acids is 1. The second-order valence-electron chi connectivity index (χ2n) is 4.13. The average Bonchev–Trinajstić information content (AvgIpc) is 2.43. The van der Waals surface area contributed by atoms with Gasteiger partial charge in [0.05, 0.1) is 5.56 Å². The number of aryl methyl sites for hydroxylation is 1. The van der Waals surface area contributed by atoms with Gasteiger partial charge >= 0.3 is 11.7 Å². The number of carbonyl (C=O) groups is 1. The van der Waals surface area contributed by atoms with Crippen molar-refractivity contribution < 1.29 is 9.90 Å². The summed E-state index contributed by atoms with van der Waals surface area (Å²) in [5.74, 6) is -1.05. The van der Waals surface area contributed by atoms with Crippen LogP contribution in [0.1, 0.15) is 10.4 Å². The summed E-state index contributed by atoms with van der Waals surface area (Å²) < 4.78 is 1.97. The van der Waals surface area contributed by atoms with E-state index in [1.165, 1.54) is 38.4 Å². The van der Waals surface area contributed by atoms with Gasteiger partial charge in [0.1, 0.15) is 0 Å². The van der Waals surface area contributed by atoms with Gasteiger partial charge in [-0.15, -0.1) is 5.10 Å². The lowest BCUT2D eigenvalue weighted by Crippen LogP contribution is -2.39. The van der Waals surface area contributed by atoms with Crippen LogP contribution in [0, 0.1) is 0 Å². The maximum atomic E-state index is 11.9. The standard InChI is InChI=1S/C12H12N4O4/c1-15-10(17)9(14-16(2)12(15)20)13-8-5-3-7(4-6-8)11(18)19/h3-6H,1-2H3,(H,13,14)(H,18,19). The van der Waals surface area contributed by atoms with Crippen molar-refractivity contribution in [1.82, 2.24) is 14.3 Å². The Bertz CT molecular complexity index is 774. The van der Waals surface area contributed by atoms with E-state index in [-0.39, 0.29) is 11.4 Å². The molecule has 0 bridgehead atoms. The number of benzene rings is 1. The van der Waals surface area contributed by atoms with Gasteiger partial charge in [-0.25, -0.2) is 14.3 Å². The smallest absolute Gasteiger partial charge is 0.346 e. The van der Waals surface area contributed by atoms with E-state index in [2.05, 4.69) is 10.4 Å². The summed E-state index contributed by atoms with van der Waals surface area (Å²) in [4.78, 5) is 34.1. The highest BCUT2D eigenvalue weighted by atomic mass is 16.4. The molecule has 0 saturated carbocycles. The molecule has 2 rings (SSSR count). The molecule has 0 aliphatic carbocycles. The van der Waals surface area contributed by atoms with E-state index in [4.69, 9.17) is 5.11 Å². The SMILES string of the molecule is Cn1nc(Nc2ccc(C(=O)O)cc2)c(=O)n(C)c1=O. The fourth-order valence-electron chi connectivity index (χ4n) is 1.61. The molecule has 0 spiro atoms. The Labute approximate surface area is 112 Å². The predicted octanol–water partition coefficient (Wildman–Crippen LogP) is -0.0792. The van der Waals surface area contributed by atoms with Crippen molar-refractivity contribution in [3.63, 3.8) is 0 Å². The zero-order valence-corrected chi connectivity index (χ0v) is 10.8. The van der Waals surface area contributed by atoms with E-state index in [0.717, 1.165) is 9.25 Å². The summed E-state index contributed by atoms with van der Waals surface area (Å²) in [7, 11) is 2.78. The topological polar surface area (TPSA) is 106 Å². The summed E-state index contributed by atoms with van der Waals surface area (Å²) in [5, 5.41) is 15.4. The summed E-state index contributed by atoms with van der Waals surface area (Å²) in [6.45, 7) is 0. The summed E-state index contributed by atoms with van der Waals surface area (Å²) >= 11 is 0. The second kappa shape index (κ2) is 5.00. The Morgan fingerprint density at radius 1 is 1.20 bits per heavy atom. The fraction of sp³-hybridized carbons (Fsp3) is 0.167. The number of carboxylic acid groups (broad SMARTS) is 1. The molecule has 0 aliphatic heterocycles. The average molecular weight is 276 g/mol. The minimum Gasteiger partial charge on any atom is -0.478 e. The molecule has 1 heterocycles. The van der Waals surface area contributed by atoms with Gasteiger partial charge in [-0.05, 0) is 24.3 Å². The van der Waals surface area contributed by atoms with Crippen LogP contribution in [0.25, 0.3) is 0 Å². The predicted molar refractivity (Wildman–Crippen MR) is 71.4 cm³/mol. The minimum absolute atomic E-state index is 0.0160. The number of nitrogens with one attached hydrogen (secondary N) is 1. The third-order valence-corrected chi connectivity index (χ3v) is 2.72. The molecule has 2 N–H and O–H groups in total. The second-order valence-corrected chi connectivity index (χ2v) is 4.13. The molecule has 2 aromatic rings. The van der Waals surface area contributed by atoms with E-state index < -0.39 is 17.2 Å². The van der Waals surface area contributed by atoms with Gasteiger partial charge in [-0.3, -0.25) is 9.36 Å². The molecule has 0 aliphatic rings. The molecular weight excluding hydrogens is 264 g/mol. The summed E-state index contributed by atoms with van der Waals surface area (Å²) in [6.07, 6.45) is 0. The Morgan fingerprint density at radius 2 is 1.80 bits per heavy atom. The van der Waals surface area contributed by atoms with Crippen LogP contribution in [0.2, 0.25) is 0 Å². The third kappa shape index (κ3) is 2.44. The molecule has 0 atom stereocenters. The van der Waals surface area contributed by atoms with Gasteiger partial charge in [-0.2, -0.15) is 0 Å². The maximum Gasteiger partial charge on any atom is 0.346 e. The van der Waals surface area contributed by atoms with Crippen LogP contribution < -0.4 is 16.6 Å². The number of aromatic nitrogens is 3. The van der Waals surface area contributed by atoms with E-state index in [9.17, 15) is 14.4 Å². The maximum absolute atomic E-state index is 11.9. The first-order valence-electron chi connectivity index (χ1n) is 5.65. The van der Waals surface area contributed by atoms with Gasteiger partial charge in [-0.1, -0.05) is 0 Å². The van der Waals surface area contributed by atoms with Crippen LogP contribution >= 0.6 is 0 Å². The summed E-state index contributed by atoms with van der Waals surface area (Å²) in [6, 6.07) is 5.82. The van der Waals surface area contributed by atoms with Crippen LogP contribution in [-0.4, -0.2) is 25.4 Å². The Balaban J connectivity index is 2.38. The van der Waals surface area contributed by atoms with E-state index >= 15 is 0 Å². The number of rotatable bonds is 3. The van der Waals surface area contributed by atoms with Crippen LogP contribution in [0.5, 0.6) is 0 Å². The van der Waals surface area contributed by atoms with Crippen LogP contribution in [0.3, 0.4) is 0 Å². The highest BCUT2D eigenvalue weighted by molar-refractivity contribution is 5.88. The quantitative estimate of drug-likeness (QED) is 0.812. The van der Waals surface area contributed by atoms with Crippen molar-refractivity contribution in [1.29, 1.82) is 0 Å². The van der Waals surface area contributed by atoms with Gasteiger partial charge in [0.15, 0.2) is 0 Å². The molecule has 104 valence electrons. The minimum atomic E-state index is -1.03. The first-order chi connectivity index (χ1) is 9.40. The van der Waals surface area contributed by atoms with Crippen molar-refractivity contribution in [2.75, 3.05) is 5.32 Å². The first kappa shape index (κ1) is 13.5. The Hall–Kier alpha value is -2.90. The van der Waals surface area contributed by atoms with Crippen molar-refractivity contribution in [3.8, 4) is 0 Å². The van der Waals surface area contributed by atoms with Crippen molar-refractivity contribution in [2.24, 2.45) is 14.1 Å². The Kier molecular flexibility index (Phi) is 3.38. The molecular formula is C12H12N4O4. The number of hydrogen-bond donors (Lipinski definition) is 2. The molecule has 0 unspecified atom stereocenters. The van der Waals surface area contributed by atoms with Crippen LogP contribution in [0.15, 0.2) is 33.9 Å². The molecule has 20 heavy (non-hydrogen) atoms. The van der Waals surface area contributed by atoms with Gasteiger partial charge < -0.3 is 10.4 Å². The number of aromatic carboxylic acids is 1. The molecule has 0 radical (unpaired) electrons. The van der Waals surface area contributed by atoms with Crippen LogP contribution in [-0.2, 0) is 14.1 Å². The lowest BCUT2D eigenvalue weighted by Gasteiger charge is -2.08. The largest absolute Gasteiger partial charge is 0.478 e. The van der Waals surface area contributed by atoms with Crippen molar-refractivity contribution in [2.45, 2.75) is 0 Å². The normalized spacial score (nSPS) is 10.3. The highest BCUT2D eigenvalue weighted by Gasteiger charge is 2.09. The first-order valence-corrected chi connectivity index (χ1v) is 5.65. The molecule has 1 aromatic heterocycles. The van der Waals surface area contributed by atoms with Gasteiger partial charge in [0.2, 0.25) is 5.82 Å². The number of nitrogens with zero attached hydrogens (tertiary/aromatic N) is 3. The number of hydrogen-bond acceptors (Lipinski definition) is 5. The summed E-state index contributed by atoms with van der Waals surface area (Å²) in [5.41, 5.74) is -0.452. The van der Waals surface area contributed by atoms with E-state index in [1.807, 2.05) is 0 Å².